The van der Waals surface area contributed by atoms with Crippen LogP contribution >= 0.6 is 0 Å². The Hall–Kier alpha value is -3.86. The molecule has 0 fully saturated rings. The van der Waals surface area contributed by atoms with E-state index in [1.807, 2.05) is 61.5 Å². The zero-order valence-electron chi connectivity index (χ0n) is 18.4. The summed E-state index contributed by atoms with van der Waals surface area (Å²) < 4.78 is 5.48. The molecule has 0 aliphatic heterocycles. The molecule has 2 aromatic carbocycles. The highest BCUT2D eigenvalue weighted by Crippen LogP contribution is 2.44. The third-order valence-electron chi connectivity index (χ3n) is 5.78. The van der Waals surface area contributed by atoms with Crippen molar-refractivity contribution >= 4 is 18.0 Å². The molecular weight excluding hydrogens is 422 g/mol. The van der Waals surface area contributed by atoms with Gasteiger partial charge in [0.25, 0.3) is 0 Å². The molecule has 0 spiro atoms. The lowest BCUT2D eigenvalue weighted by Crippen LogP contribution is -2.50. The van der Waals surface area contributed by atoms with Crippen molar-refractivity contribution in [1.82, 2.24) is 10.6 Å². The van der Waals surface area contributed by atoms with Crippen molar-refractivity contribution in [3.63, 3.8) is 0 Å². The van der Waals surface area contributed by atoms with Crippen molar-refractivity contribution in [3.05, 3.63) is 59.7 Å². The number of aliphatic carboxylic acids is 1. The Kier molecular flexibility index (Phi) is 8.03. The zero-order valence-corrected chi connectivity index (χ0v) is 18.4. The second-order valence-corrected chi connectivity index (χ2v) is 7.93. The summed E-state index contributed by atoms with van der Waals surface area (Å²) in [5, 5.41) is 23.1. The Morgan fingerprint density at radius 1 is 1.06 bits per heavy atom. The lowest BCUT2D eigenvalue weighted by atomic mass is 9.98. The number of nitrogens with one attached hydrogen (secondary N) is 2. The van der Waals surface area contributed by atoms with Crippen LogP contribution in [0, 0.1) is 11.3 Å². The van der Waals surface area contributed by atoms with Crippen molar-refractivity contribution in [1.29, 1.82) is 5.26 Å². The number of benzene rings is 2. The van der Waals surface area contributed by atoms with Crippen molar-refractivity contribution in [3.8, 4) is 17.2 Å². The quantitative estimate of drug-likeness (QED) is 0.509. The maximum atomic E-state index is 12.6. The predicted octanol–water partition coefficient (Wildman–Crippen LogP) is 3.57. The molecule has 0 saturated carbocycles. The van der Waals surface area contributed by atoms with Gasteiger partial charge in [-0.3, -0.25) is 9.59 Å². The van der Waals surface area contributed by atoms with Gasteiger partial charge in [-0.15, -0.1) is 0 Å². The molecule has 3 rings (SSSR count). The first-order valence-electron chi connectivity index (χ1n) is 10.9. The molecule has 1 aliphatic carbocycles. The number of carbonyl (C=O) groups excluding carboxylic acids is 2. The van der Waals surface area contributed by atoms with Gasteiger partial charge in [-0.05, 0) is 35.1 Å². The van der Waals surface area contributed by atoms with Gasteiger partial charge in [0.05, 0.1) is 12.5 Å². The number of rotatable bonds is 10. The maximum Gasteiger partial charge on any atom is 0.407 e. The first-order chi connectivity index (χ1) is 15.9. The molecule has 3 N–H and O–H groups in total. The molecule has 0 saturated heterocycles. The first-order valence-corrected chi connectivity index (χ1v) is 10.9. The van der Waals surface area contributed by atoms with E-state index < -0.39 is 24.0 Å². The molecular formula is C25H27N3O5. The van der Waals surface area contributed by atoms with Gasteiger partial charge in [-0.25, -0.2) is 4.79 Å². The van der Waals surface area contributed by atoms with Crippen LogP contribution in [0.5, 0.6) is 0 Å². The number of carboxylic acid groups (broad SMARTS) is 1. The SMILES string of the molecule is CCC(CC#N)NC(=O)C(CCC(=O)O)NC(=O)OCC1c2ccccc2-c2ccccc21. The monoisotopic (exact) mass is 449 g/mol. The van der Waals surface area contributed by atoms with Gasteiger partial charge in [0.2, 0.25) is 5.91 Å². The van der Waals surface area contributed by atoms with Crippen LogP contribution in [0.25, 0.3) is 11.1 Å². The third-order valence-corrected chi connectivity index (χ3v) is 5.78. The number of fused-ring (bicyclic) bond motifs is 3. The molecule has 0 radical (unpaired) electrons. The van der Waals surface area contributed by atoms with Crippen molar-refractivity contribution in [2.24, 2.45) is 0 Å². The second kappa shape index (κ2) is 11.1. The molecule has 33 heavy (non-hydrogen) atoms. The minimum atomic E-state index is -1.08. The Labute approximate surface area is 192 Å². The highest BCUT2D eigenvalue weighted by Gasteiger charge is 2.30. The lowest BCUT2D eigenvalue weighted by Gasteiger charge is -2.21. The van der Waals surface area contributed by atoms with E-state index in [1.165, 1.54) is 0 Å². The fourth-order valence-electron chi connectivity index (χ4n) is 4.03. The van der Waals surface area contributed by atoms with Gasteiger partial charge in [0.1, 0.15) is 12.6 Å². The van der Waals surface area contributed by atoms with Gasteiger partial charge in [0.15, 0.2) is 0 Å². The van der Waals surface area contributed by atoms with Crippen LogP contribution in [0.1, 0.15) is 49.7 Å². The Morgan fingerprint density at radius 3 is 2.21 bits per heavy atom. The number of alkyl carbamates (subject to hydrolysis) is 1. The van der Waals surface area contributed by atoms with E-state index in [4.69, 9.17) is 15.1 Å². The van der Waals surface area contributed by atoms with E-state index in [0.717, 1.165) is 22.3 Å². The molecule has 1 aliphatic rings. The molecule has 2 atom stereocenters. The fourth-order valence-corrected chi connectivity index (χ4v) is 4.03. The summed E-state index contributed by atoms with van der Waals surface area (Å²) >= 11 is 0. The summed E-state index contributed by atoms with van der Waals surface area (Å²) in [4.78, 5) is 36.2. The molecule has 0 bridgehead atoms. The number of hydrogen-bond acceptors (Lipinski definition) is 5. The Morgan fingerprint density at radius 2 is 1.67 bits per heavy atom. The summed E-state index contributed by atoms with van der Waals surface area (Å²) in [7, 11) is 0. The number of carbonyl (C=O) groups is 3. The second-order valence-electron chi connectivity index (χ2n) is 7.93. The molecule has 172 valence electrons. The largest absolute Gasteiger partial charge is 0.481 e. The molecule has 0 aromatic heterocycles. The van der Waals surface area contributed by atoms with E-state index in [0.29, 0.717) is 6.42 Å². The van der Waals surface area contributed by atoms with Crippen LogP contribution in [0.3, 0.4) is 0 Å². The van der Waals surface area contributed by atoms with Crippen LogP contribution in [0.2, 0.25) is 0 Å². The van der Waals surface area contributed by atoms with Crippen LogP contribution in [-0.4, -0.2) is 41.8 Å². The number of amides is 2. The van der Waals surface area contributed by atoms with Crippen LogP contribution in [-0.2, 0) is 14.3 Å². The van der Waals surface area contributed by atoms with Crippen molar-refractivity contribution in [2.45, 2.75) is 50.6 Å². The average Bonchev–Trinajstić information content (AvgIpc) is 3.13. The van der Waals surface area contributed by atoms with Gasteiger partial charge >= 0.3 is 12.1 Å². The van der Waals surface area contributed by atoms with Crippen LogP contribution in [0.15, 0.2) is 48.5 Å². The average molecular weight is 450 g/mol. The summed E-state index contributed by atoms with van der Waals surface area (Å²) in [5.41, 5.74) is 4.33. The number of hydrogen-bond donors (Lipinski definition) is 3. The minimum Gasteiger partial charge on any atom is -0.481 e. The third kappa shape index (κ3) is 5.89. The molecule has 8 heteroatoms. The number of nitriles is 1. The summed E-state index contributed by atoms with van der Waals surface area (Å²) in [6.45, 7) is 1.91. The molecule has 8 nitrogen and oxygen atoms in total. The van der Waals surface area contributed by atoms with E-state index in [-0.39, 0.29) is 37.8 Å². The number of nitrogens with zero attached hydrogens (tertiary/aromatic N) is 1. The summed E-state index contributed by atoms with van der Waals surface area (Å²) in [6, 6.07) is 16.4. The van der Waals surface area contributed by atoms with Gasteiger partial charge in [0, 0.05) is 18.4 Å². The number of ether oxygens (including phenoxy) is 1. The fraction of sp³-hybridized carbons (Fsp3) is 0.360. The zero-order chi connectivity index (χ0) is 23.8. The van der Waals surface area contributed by atoms with Crippen molar-refractivity contribution in [2.75, 3.05) is 6.61 Å². The smallest absolute Gasteiger partial charge is 0.407 e. The topological polar surface area (TPSA) is 129 Å². The normalized spacial score (nSPS) is 13.7. The van der Waals surface area contributed by atoms with E-state index in [2.05, 4.69) is 10.6 Å². The first kappa shape index (κ1) is 23.8. The molecule has 2 unspecified atom stereocenters. The van der Waals surface area contributed by atoms with E-state index in [9.17, 15) is 14.4 Å². The van der Waals surface area contributed by atoms with Crippen LogP contribution < -0.4 is 10.6 Å². The summed E-state index contributed by atoms with van der Waals surface area (Å²) in [5.74, 6) is -1.74. The van der Waals surface area contributed by atoms with E-state index >= 15 is 0 Å². The molecule has 0 heterocycles. The standard InChI is InChI=1S/C25H27N3O5/c1-2-16(13-14-26)27-24(31)22(11-12-23(29)30)28-25(32)33-15-21-19-9-5-3-7-17(19)18-8-4-6-10-20(18)21/h3-10,16,21-22H,2,11-13,15H2,1H3,(H,27,31)(H,28,32)(H,29,30). The van der Waals surface area contributed by atoms with Crippen molar-refractivity contribution < 1.29 is 24.2 Å². The Balaban J connectivity index is 1.66. The Bertz CT molecular complexity index is 1020. The van der Waals surface area contributed by atoms with Crippen LogP contribution in [0.4, 0.5) is 4.79 Å². The molecule has 2 amide bonds. The van der Waals surface area contributed by atoms with Gasteiger partial charge in [-0.1, -0.05) is 55.5 Å². The predicted molar refractivity (Wildman–Crippen MR) is 121 cm³/mol. The molecule has 2 aromatic rings. The van der Waals surface area contributed by atoms with Gasteiger partial charge in [-0.2, -0.15) is 5.26 Å². The van der Waals surface area contributed by atoms with E-state index in [1.54, 1.807) is 0 Å². The van der Waals surface area contributed by atoms with Gasteiger partial charge < -0.3 is 20.5 Å². The maximum absolute atomic E-state index is 12.6. The minimum absolute atomic E-state index is 0.0825. The number of carboxylic acids is 1. The highest BCUT2D eigenvalue weighted by atomic mass is 16.5. The highest BCUT2D eigenvalue weighted by molar-refractivity contribution is 5.86. The lowest BCUT2D eigenvalue weighted by molar-refractivity contribution is -0.137. The summed E-state index contributed by atoms with van der Waals surface area (Å²) in [6.07, 6.45) is -0.518.